The van der Waals surface area contributed by atoms with Crippen LogP contribution in [0.2, 0.25) is 0 Å². The highest BCUT2D eigenvalue weighted by Crippen LogP contribution is 2.75. The van der Waals surface area contributed by atoms with E-state index in [0.717, 1.165) is 38.5 Å². The number of hydrogen-bond donors (Lipinski definition) is 2. The lowest BCUT2D eigenvalue weighted by Crippen LogP contribution is -2.67. The summed E-state index contributed by atoms with van der Waals surface area (Å²) in [6, 6.07) is -0.331. The summed E-state index contributed by atoms with van der Waals surface area (Å²) in [5.41, 5.74) is -0.882. The van der Waals surface area contributed by atoms with E-state index in [9.17, 15) is 27.9 Å². The Morgan fingerprint density at radius 1 is 0.865 bits per heavy atom. The minimum atomic E-state index is -3.79. The van der Waals surface area contributed by atoms with Crippen LogP contribution in [0.25, 0.3) is 0 Å². The average Bonchev–Trinajstić information content (AvgIpc) is 3.06. The van der Waals surface area contributed by atoms with Crippen LogP contribution in [0.5, 0.6) is 0 Å². The number of ether oxygens (including phenoxy) is 4. The molecule has 0 heterocycles. The van der Waals surface area contributed by atoms with Crippen molar-refractivity contribution in [2.45, 2.75) is 119 Å². The molecule has 12 heteroatoms. The van der Waals surface area contributed by atoms with Crippen molar-refractivity contribution in [2.75, 3.05) is 52.5 Å². The normalized spacial score (nSPS) is 39.7. The van der Waals surface area contributed by atoms with E-state index in [0.29, 0.717) is 45.7 Å². The number of fused-ring (bicyclic) bond motifs is 7. The Hall–Kier alpha value is -1.86. The van der Waals surface area contributed by atoms with E-state index in [1.54, 1.807) is 7.11 Å². The fourth-order valence-corrected chi connectivity index (χ4v) is 13.2. The number of aliphatic carboxylic acids is 1. The van der Waals surface area contributed by atoms with Crippen molar-refractivity contribution in [1.82, 2.24) is 4.72 Å². The number of ketones is 1. The molecule has 4 saturated carbocycles. The van der Waals surface area contributed by atoms with Gasteiger partial charge in [-0.3, -0.25) is 14.4 Å². The van der Waals surface area contributed by atoms with Crippen molar-refractivity contribution in [3.63, 3.8) is 0 Å². The van der Waals surface area contributed by atoms with Crippen LogP contribution >= 0.6 is 0 Å². The largest absolute Gasteiger partial charge is 0.481 e. The van der Waals surface area contributed by atoms with E-state index < -0.39 is 32.8 Å². The van der Waals surface area contributed by atoms with Crippen molar-refractivity contribution in [2.24, 2.45) is 50.2 Å². The molecular weight excluding hydrogens is 687 g/mol. The zero-order valence-electron chi connectivity index (χ0n) is 32.9. The average molecular weight is 752 g/mol. The quantitative estimate of drug-likeness (QED) is 0.152. The van der Waals surface area contributed by atoms with Crippen LogP contribution in [-0.2, 0) is 43.4 Å². The third kappa shape index (κ3) is 7.41. The lowest BCUT2D eigenvalue weighted by Gasteiger charge is -2.70. The third-order valence-corrected chi connectivity index (χ3v) is 16.7. The number of carboxylic acid groups (broad SMARTS) is 1. The number of carbonyl (C=O) groups excluding carboxylic acids is 2. The molecule has 296 valence electrons. The molecule has 0 unspecified atom stereocenters. The molecule has 0 aromatic rings. The zero-order valence-corrected chi connectivity index (χ0v) is 33.8. The Labute approximate surface area is 311 Å². The fraction of sp³-hybridized carbons (Fsp3) is 0.875. The Morgan fingerprint density at radius 3 is 2.15 bits per heavy atom. The molecule has 5 rings (SSSR count). The highest BCUT2D eigenvalue weighted by molar-refractivity contribution is 7.89. The van der Waals surface area contributed by atoms with Crippen molar-refractivity contribution >= 4 is 27.7 Å². The van der Waals surface area contributed by atoms with Gasteiger partial charge in [0.1, 0.15) is 6.61 Å². The summed E-state index contributed by atoms with van der Waals surface area (Å²) in [5.74, 6) is -1.55. The van der Waals surface area contributed by atoms with E-state index in [2.05, 4.69) is 46.3 Å². The van der Waals surface area contributed by atoms with Crippen LogP contribution in [0.3, 0.4) is 0 Å². The number of carboxylic acids is 1. The molecule has 0 aliphatic heterocycles. The minimum Gasteiger partial charge on any atom is -0.481 e. The topological polar surface area (TPSA) is 155 Å². The number of rotatable bonds is 15. The molecule has 0 saturated heterocycles. The fourth-order valence-electron chi connectivity index (χ4n) is 11.8. The molecule has 2 N–H and O–H groups in total. The Bertz CT molecular complexity index is 1510. The molecule has 52 heavy (non-hydrogen) atoms. The maximum Gasteiger partial charge on any atom is 0.309 e. The predicted octanol–water partition coefficient (Wildman–Crippen LogP) is 5.95. The third-order valence-electron chi connectivity index (χ3n) is 15.3. The Morgan fingerprint density at radius 2 is 1.50 bits per heavy atom. The molecule has 0 aromatic carbocycles. The van der Waals surface area contributed by atoms with Crippen molar-refractivity contribution in [3.05, 3.63) is 11.6 Å². The number of nitrogens with one attached hydrogen (secondary N) is 1. The second kappa shape index (κ2) is 15.0. The first-order chi connectivity index (χ1) is 24.2. The van der Waals surface area contributed by atoms with Crippen LogP contribution in [0, 0.1) is 50.2 Å². The van der Waals surface area contributed by atoms with Gasteiger partial charge in [0.05, 0.1) is 50.6 Å². The van der Waals surface area contributed by atoms with Gasteiger partial charge >= 0.3 is 11.9 Å². The lowest BCUT2D eigenvalue weighted by atomic mass is 9.33. The van der Waals surface area contributed by atoms with Gasteiger partial charge in [-0.25, -0.2) is 13.1 Å². The monoisotopic (exact) mass is 751 g/mol. The van der Waals surface area contributed by atoms with E-state index in [-0.39, 0.29) is 76.6 Å². The number of esters is 1. The second-order valence-electron chi connectivity index (χ2n) is 18.6. The molecule has 0 spiro atoms. The lowest BCUT2D eigenvalue weighted by molar-refractivity contribution is -0.188. The van der Waals surface area contributed by atoms with Gasteiger partial charge in [0.2, 0.25) is 10.0 Å². The predicted molar refractivity (Wildman–Crippen MR) is 197 cm³/mol. The summed E-state index contributed by atoms with van der Waals surface area (Å²) < 4.78 is 50.5. The van der Waals surface area contributed by atoms with Crippen LogP contribution in [0.1, 0.15) is 113 Å². The SMILES string of the molecule is COCCOCCOCCOC(=O)CCS(=O)(=O)N[C@H]1CC[C@]2(C)[C@H]3C(=O)C=C4[C@@H]5C[C@@](C)(C(=O)O)CC[C@]5(C)CC[C@@]4(C)[C@]3(C)CC[C@H]2C1(C)C. The van der Waals surface area contributed by atoms with Crippen LogP contribution in [0.15, 0.2) is 11.6 Å². The summed E-state index contributed by atoms with van der Waals surface area (Å²) in [7, 11) is -2.19. The standard InChI is InChI=1S/C40H65NO10S/c1-35(2)30-9-13-40(7)33(29(42)25-27-28-26-37(4,34(44)45)15-14-36(28,3)16-17-39(27,40)6)38(30,5)12-10-31(35)41-52(46,47)24-11-32(43)51-23-22-50-21-20-49-19-18-48-8/h25,28,30-31,33,41H,9-24,26H2,1-8H3,(H,44,45)/t28-,30-,31-,33+,36+,37-,38-,39+,40+/m0/s1. The summed E-state index contributed by atoms with van der Waals surface area (Å²) in [6.45, 7) is 17.4. The van der Waals surface area contributed by atoms with E-state index >= 15 is 0 Å². The van der Waals surface area contributed by atoms with Gasteiger partial charge in [-0.05, 0) is 110 Å². The maximum atomic E-state index is 14.6. The van der Waals surface area contributed by atoms with Crippen LogP contribution in [0.4, 0.5) is 0 Å². The molecular formula is C40H65NO10S. The zero-order chi connectivity index (χ0) is 38.4. The van der Waals surface area contributed by atoms with Crippen molar-refractivity contribution in [3.8, 4) is 0 Å². The molecule has 9 atom stereocenters. The first-order valence-corrected chi connectivity index (χ1v) is 21.1. The van der Waals surface area contributed by atoms with Crippen LogP contribution < -0.4 is 4.72 Å². The van der Waals surface area contributed by atoms with Gasteiger partial charge in [0.25, 0.3) is 0 Å². The van der Waals surface area contributed by atoms with Gasteiger partial charge in [-0.1, -0.05) is 47.1 Å². The summed E-state index contributed by atoms with van der Waals surface area (Å²) in [6.07, 6.45) is 8.87. The smallest absolute Gasteiger partial charge is 0.309 e. The van der Waals surface area contributed by atoms with Gasteiger partial charge in [0.15, 0.2) is 5.78 Å². The molecule has 11 nitrogen and oxygen atoms in total. The molecule has 0 amide bonds. The minimum absolute atomic E-state index is 0.00685. The highest BCUT2D eigenvalue weighted by atomic mass is 32.2. The van der Waals surface area contributed by atoms with E-state index in [1.165, 1.54) is 5.57 Å². The van der Waals surface area contributed by atoms with E-state index in [4.69, 9.17) is 18.9 Å². The highest BCUT2D eigenvalue weighted by Gasteiger charge is 2.70. The number of allylic oxidation sites excluding steroid dienone is 2. The summed E-state index contributed by atoms with van der Waals surface area (Å²) in [5, 5.41) is 10.2. The maximum absolute atomic E-state index is 14.6. The number of sulfonamides is 1. The van der Waals surface area contributed by atoms with E-state index in [1.807, 2.05) is 13.0 Å². The first kappa shape index (κ1) is 41.3. The number of methoxy groups -OCH3 is 1. The molecule has 0 bridgehead atoms. The molecule has 5 aliphatic carbocycles. The Balaban J connectivity index is 1.24. The summed E-state index contributed by atoms with van der Waals surface area (Å²) in [4.78, 5) is 39.4. The van der Waals surface area contributed by atoms with Crippen molar-refractivity contribution < 1.29 is 46.9 Å². The second-order valence-corrected chi connectivity index (χ2v) is 20.5. The molecule has 0 radical (unpaired) electrons. The van der Waals surface area contributed by atoms with Crippen molar-refractivity contribution in [1.29, 1.82) is 0 Å². The molecule has 5 aliphatic rings. The van der Waals surface area contributed by atoms with Gasteiger partial charge < -0.3 is 24.1 Å². The van der Waals surface area contributed by atoms with Gasteiger partial charge in [-0.2, -0.15) is 0 Å². The number of carbonyl (C=O) groups is 3. The Kier molecular flexibility index (Phi) is 11.9. The first-order valence-electron chi connectivity index (χ1n) is 19.5. The molecule has 4 fully saturated rings. The van der Waals surface area contributed by atoms with Gasteiger partial charge in [0, 0.05) is 19.1 Å². The summed E-state index contributed by atoms with van der Waals surface area (Å²) >= 11 is 0. The molecule has 0 aromatic heterocycles. The van der Waals surface area contributed by atoms with Gasteiger partial charge in [-0.15, -0.1) is 0 Å². The number of hydrogen-bond acceptors (Lipinski definition) is 9. The van der Waals surface area contributed by atoms with Crippen LogP contribution in [-0.4, -0.2) is 89.8 Å².